The highest BCUT2D eigenvalue weighted by Crippen LogP contribution is 2.24. The second kappa shape index (κ2) is 6.78. The van der Waals surface area contributed by atoms with Crippen LogP contribution in [0.3, 0.4) is 0 Å². The van der Waals surface area contributed by atoms with Crippen LogP contribution >= 0.6 is 23.2 Å². The summed E-state index contributed by atoms with van der Waals surface area (Å²) in [5.41, 5.74) is 4.78. The standard InChI is InChI=1S/C14H16Cl2/c1-3-5-11-7-8-12(9-15)14(10-16)13(11)6-4-2/h3-4,7-8H,1-2,5-6,9-10H2. The lowest BCUT2D eigenvalue weighted by Crippen LogP contribution is -2.01. The van der Waals surface area contributed by atoms with Crippen molar-refractivity contribution in [2.45, 2.75) is 24.6 Å². The van der Waals surface area contributed by atoms with Crippen LogP contribution in [0.4, 0.5) is 0 Å². The van der Waals surface area contributed by atoms with E-state index in [1.165, 1.54) is 11.1 Å². The third-order valence-electron chi connectivity index (χ3n) is 2.62. The van der Waals surface area contributed by atoms with Crippen LogP contribution in [0.25, 0.3) is 0 Å². The van der Waals surface area contributed by atoms with Crippen LogP contribution in [0.1, 0.15) is 22.3 Å². The molecule has 0 fully saturated rings. The van der Waals surface area contributed by atoms with Gasteiger partial charge in [0.25, 0.3) is 0 Å². The highest BCUT2D eigenvalue weighted by atomic mass is 35.5. The van der Waals surface area contributed by atoms with Crippen molar-refractivity contribution in [3.8, 4) is 0 Å². The Morgan fingerprint density at radius 2 is 1.50 bits per heavy atom. The second-order valence-corrected chi connectivity index (χ2v) is 4.13. The molecule has 0 N–H and O–H groups in total. The zero-order valence-corrected chi connectivity index (χ0v) is 10.8. The van der Waals surface area contributed by atoms with Crippen molar-refractivity contribution in [3.05, 3.63) is 59.7 Å². The van der Waals surface area contributed by atoms with Gasteiger partial charge in [-0.3, -0.25) is 0 Å². The Hall–Kier alpha value is -0.720. The maximum Gasteiger partial charge on any atom is 0.0480 e. The van der Waals surface area contributed by atoms with E-state index in [9.17, 15) is 0 Å². The van der Waals surface area contributed by atoms with Crippen LogP contribution in [0.15, 0.2) is 37.4 Å². The average molecular weight is 255 g/mol. The van der Waals surface area contributed by atoms with Crippen LogP contribution in [-0.4, -0.2) is 0 Å². The van der Waals surface area contributed by atoms with Crippen LogP contribution in [0.2, 0.25) is 0 Å². The largest absolute Gasteiger partial charge is 0.122 e. The van der Waals surface area contributed by atoms with Gasteiger partial charge >= 0.3 is 0 Å². The molecule has 0 spiro atoms. The van der Waals surface area contributed by atoms with Gasteiger partial charge in [-0.25, -0.2) is 0 Å². The first-order valence-corrected chi connectivity index (χ1v) is 6.31. The molecular formula is C14H16Cl2. The Kier molecular flexibility index (Phi) is 5.65. The molecule has 1 aromatic rings. The minimum atomic E-state index is 0.496. The number of benzene rings is 1. The van der Waals surface area contributed by atoms with E-state index in [0.717, 1.165) is 24.0 Å². The fourth-order valence-electron chi connectivity index (χ4n) is 1.83. The van der Waals surface area contributed by atoms with Crippen molar-refractivity contribution >= 4 is 23.2 Å². The predicted octanol–water partition coefficient (Wildman–Crippen LogP) is 4.62. The van der Waals surface area contributed by atoms with E-state index >= 15 is 0 Å². The van der Waals surface area contributed by atoms with Gasteiger partial charge in [-0.15, -0.1) is 36.4 Å². The first kappa shape index (κ1) is 13.3. The highest BCUT2D eigenvalue weighted by Gasteiger charge is 2.10. The first-order valence-electron chi connectivity index (χ1n) is 5.24. The summed E-state index contributed by atoms with van der Waals surface area (Å²) < 4.78 is 0. The Bertz CT molecular complexity index is 381. The van der Waals surface area contributed by atoms with E-state index in [1.54, 1.807) is 0 Å². The van der Waals surface area contributed by atoms with E-state index in [1.807, 2.05) is 12.2 Å². The molecule has 0 aliphatic carbocycles. The molecule has 0 bridgehead atoms. The summed E-state index contributed by atoms with van der Waals surface area (Å²) in [6.45, 7) is 7.56. The maximum atomic E-state index is 6.01. The Morgan fingerprint density at radius 3 is 2.00 bits per heavy atom. The molecule has 0 aliphatic rings. The number of rotatable bonds is 6. The van der Waals surface area contributed by atoms with Gasteiger partial charge in [0.1, 0.15) is 0 Å². The van der Waals surface area contributed by atoms with Crippen molar-refractivity contribution in [3.63, 3.8) is 0 Å². The quantitative estimate of drug-likeness (QED) is 0.514. The van der Waals surface area contributed by atoms with Crippen molar-refractivity contribution < 1.29 is 0 Å². The number of hydrogen-bond donors (Lipinski definition) is 0. The van der Waals surface area contributed by atoms with Crippen molar-refractivity contribution in [1.29, 1.82) is 0 Å². The smallest absolute Gasteiger partial charge is 0.0480 e. The van der Waals surface area contributed by atoms with Crippen LogP contribution in [0.5, 0.6) is 0 Å². The molecule has 0 radical (unpaired) electrons. The lowest BCUT2D eigenvalue weighted by molar-refractivity contribution is 1.08. The molecule has 0 nitrogen and oxygen atoms in total. The molecule has 1 aromatic carbocycles. The van der Waals surface area contributed by atoms with Crippen molar-refractivity contribution in [2.24, 2.45) is 0 Å². The molecule has 0 unspecified atom stereocenters. The first-order chi connectivity index (χ1) is 7.78. The summed E-state index contributed by atoms with van der Waals surface area (Å²) in [4.78, 5) is 0. The fraction of sp³-hybridized carbons (Fsp3) is 0.286. The summed E-state index contributed by atoms with van der Waals surface area (Å²) in [6.07, 6.45) is 5.49. The molecule has 2 heteroatoms. The van der Waals surface area contributed by atoms with Gasteiger partial charge in [-0.05, 0) is 35.1 Å². The minimum Gasteiger partial charge on any atom is -0.122 e. The number of halogens is 2. The molecule has 1 rings (SSSR count). The number of alkyl halides is 2. The van der Waals surface area contributed by atoms with Gasteiger partial charge in [0.15, 0.2) is 0 Å². The van der Waals surface area contributed by atoms with Crippen molar-refractivity contribution in [1.82, 2.24) is 0 Å². The third kappa shape index (κ3) is 2.90. The van der Waals surface area contributed by atoms with Crippen molar-refractivity contribution in [2.75, 3.05) is 0 Å². The third-order valence-corrected chi connectivity index (χ3v) is 3.17. The monoisotopic (exact) mass is 254 g/mol. The van der Waals surface area contributed by atoms with E-state index in [0.29, 0.717) is 11.8 Å². The molecule has 0 amide bonds. The topological polar surface area (TPSA) is 0 Å². The fourth-order valence-corrected chi connectivity index (χ4v) is 2.41. The SMILES string of the molecule is C=CCc1ccc(CCl)c(CCl)c1CC=C. The summed E-state index contributed by atoms with van der Waals surface area (Å²) >= 11 is 11.9. The normalized spacial score (nSPS) is 10.1. The number of allylic oxidation sites excluding steroid dienone is 2. The average Bonchev–Trinajstić information content (AvgIpc) is 2.31. The van der Waals surface area contributed by atoms with Gasteiger partial charge in [-0.2, -0.15) is 0 Å². The predicted molar refractivity (Wildman–Crippen MR) is 73.4 cm³/mol. The molecule has 0 heterocycles. The molecular weight excluding hydrogens is 239 g/mol. The Balaban J connectivity index is 3.30. The molecule has 0 aliphatic heterocycles. The number of hydrogen-bond acceptors (Lipinski definition) is 0. The van der Waals surface area contributed by atoms with E-state index in [-0.39, 0.29) is 0 Å². The minimum absolute atomic E-state index is 0.496. The summed E-state index contributed by atoms with van der Waals surface area (Å²) in [6, 6.07) is 4.16. The van der Waals surface area contributed by atoms with Gasteiger partial charge in [0, 0.05) is 11.8 Å². The molecule has 86 valence electrons. The van der Waals surface area contributed by atoms with Crippen LogP contribution < -0.4 is 0 Å². The van der Waals surface area contributed by atoms with Crippen LogP contribution in [-0.2, 0) is 24.6 Å². The maximum absolute atomic E-state index is 6.01. The molecule has 0 atom stereocenters. The zero-order valence-electron chi connectivity index (χ0n) is 9.31. The highest BCUT2D eigenvalue weighted by molar-refractivity contribution is 6.18. The lowest BCUT2D eigenvalue weighted by atomic mass is 9.93. The lowest BCUT2D eigenvalue weighted by Gasteiger charge is -2.14. The summed E-state index contributed by atoms with van der Waals surface area (Å²) in [5.74, 6) is 0.997. The summed E-state index contributed by atoms with van der Waals surface area (Å²) in [5, 5.41) is 0. The molecule has 0 saturated heterocycles. The Labute approximate surface area is 108 Å². The summed E-state index contributed by atoms with van der Waals surface area (Å²) in [7, 11) is 0. The van der Waals surface area contributed by atoms with Crippen LogP contribution in [0, 0.1) is 0 Å². The van der Waals surface area contributed by atoms with E-state index < -0.39 is 0 Å². The van der Waals surface area contributed by atoms with E-state index in [4.69, 9.17) is 23.2 Å². The Morgan fingerprint density at radius 1 is 0.875 bits per heavy atom. The molecule has 16 heavy (non-hydrogen) atoms. The van der Waals surface area contributed by atoms with E-state index in [2.05, 4.69) is 25.3 Å². The van der Waals surface area contributed by atoms with Gasteiger partial charge in [0.05, 0.1) is 0 Å². The molecule has 0 aromatic heterocycles. The zero-order chi connectivity index (χ0) is 12.0. The molecule has 0 saturated carbocycles. The van der Waals surface area contributed by atoms with Gasteiger partial charge in [-0.1, -0.05) is 24.3 Å². The van der Waals surface area contributed by atoms with Gasteiger partial charge < -0.3 is 0 Å². The second-order valence-electron chi connectivity index (χ2n) is 3.59. The van der Waals surface area contributed by atoms with Gasteiger partial charge in [0.2, 0.25) is 0 Å².